The van der Waals surface area contributed by atoms with Gasteiger partial charge in [0.25, 0.3) is 0 Å². The van der Waals surface area contributed by atoms with Gasteiger partial charge < -0.3 is 4.74 Å². The van der Waals surface area contributed by atoms with E-state index in [1.54, 1.807) is 24.0 Å². The van der Waals surface area contributed by atoms with Crippen molar-refractivity contribution in [1.82, 2.24) is 9.78 Å². The van der Waals surface area contributed by atoms with Crippen LogP contribution < -0.4 is 4.74 Å². The van der Waals surface area contributed by atoms with Crippen LogP contribution in [0.5, 0.6) is 5.75 Å². The second-order valence-electron chi connectivity index (χ2n) is 3.54. The quantitative estimate of drug-likeness (QED) is 0.473. The number of azide groups is 1. The second kappa shape index (κ2) is 5.20. The largest absolute Gasteiger partial charge is 0.484 e. The highest BCUT2D eigenvalue weighted by atomic mass is 19.1. The van der Waals surface area contributed by atoms with Crippen LogP contribution in [0.4, 0.5) is 10.1 Å². The van der Waals surface area contributed by atoms with Gasteiger partial charge in [0.05, 0.1) is 5.69 Å². The van der Waals surface area contributed by atoms with Crippen LogP contribution in [0.15, 0.2) is 35.6 Å². The third kappa shape index (κ3) is 2.58. The molecule has 0 unspecified atom stereocenters. The number of ether oxygens (including phenoxy) is 1. The summed E-state index contributed by atoms with van der Waals surface area (Å²) in [5.41, 5.74) is 9.27. The molecular formula is C11H10FN5O. The minimum absolute atomic E-state index is 0.105. The fourth-order valence-electron chi connectivity index (χ4n) is 1.42. The van der Waals surface area contributed by atoms with Gasteiger partial charge in [-0.1, -0.05) is 5.11 Å². The summed E-state index contributed by atoms with van der Waals surface area (Å²) in [7, 11) is 1.78. The first-order chi connectivity index (χ1) is 8.70. The summed E-state index contributed by atoms with van der Waals surface area (Å²) in [6.45, 7) is 0.217. The van der Waals surface area contributed by atoms with E-state index < -0.39 is 5.82 Å². The lowest BCUT2D eigenvalue weighted by molar-refractivity contribution is 0.280. The molecule has 18 heavy (non-hydrogen) atoms. The van der Waals surface area contributed by atoms with Crippen LogP contribution in [-0.2, 0) is 13.7 Å². The molecule has 1 aromatic heterocycles. The van der Waals surface area contributed by atoms with Crippen LogP contribution >= 0.6 is 0 Å². The maximum Gasteiger partial charge on any atom is 0.165 e. The molecule has 0 aliphatic carbocycles. The summed E-state index contributed by atoms with van der Waals surface area (Å²) in [4.78, 5) is 2.58. The molecular weight excluding hydrogens is 237 g/mol. The summed E-state index contributed by atoms with van der Waals surface area (Å²) in [6.07, 6.45) is 1.64. The summed E-state index contributed by atoms with van der Waals surface area (Å²) < 4.78 is 20.5. The predicted molar refractivity (Wildman–Crippen MR) is 62.7 cm³/mol. The third-order valence-corrected chi connectivity index (χ3v) is 2.37. The molecule has 0 saturated heterocycles. The molecule has 0 radical (unpaired) electrons. The van der Waals surface area contributed by atoms with Gasteiger partial charge in [-0.15, -0.1) is 0 Å². The molecule has 0 atom stereocenters. The molecule has 7 heteroatoms. The first-order valence-electron chi connectivity index (χ1n) is 5.15. The molecule has 0 saturated carbocycles. The second-order valence-corrected chi connectivity index (χ2v) is 3.54. The maximum absolute atomic E-state index is 13.6. The van der Waals surface area contributed by atoms with E-state index in [0.29, 0.717) is 0 Å². The Morgan fingerprint density at radius 2 is 2.33 bits per heavy atom. The van der Waals surface area contributed by atoms with E-state index in [2.05, 4.69) is 15.1 Å². The number of rotatable bonds is 4. The minimum Gasteiger partial charge on any atom is -0.484 e. The van der Waals surface area contributed by atoms with Crippen molar-refractivity contribution in [3.63, 3.8) is 0 Å². The van der Waals surface area contributed by atoms with Gasteiger partial charge in [0.1, 0.15) is 6.61 Å². The maximum atomic E-state index is 13.6. The molecule has 0 aliphatic rings. The topological polar surface area (TPSA) is 75.8 Å². The van der Waals surface area contributed by atoms with Gasteiger partial charge in [-0.3, -0.25) is 4.68 Å². The van der Waals surface area contributed by atoms with Gasteiger partial charge in [-0.2, -0.15) is 5.10 Å². The molecule has 0 amide bonds. The lowest BCUT2D eigenvalue weighted by Gasteiger charge is -2.07. The minimum atomic E-state index is -0.568. The zero-order valence-electron chi connectivity index (χ0n) is 9.62. The molecule has 0 bridgehead atoms. The Balaban J connectivity index is 2.10. The van der Waals surface area contributed by atoms with Crippen molar-refractivity contribution in [1.29, 1.82) is 0 Å². The Labute approximate surface area is 102 Å². The fourth-order valence-corrected chi connectivity index (χ4v) is 1.42. The van der Waals surface area contributed by atoms with Crippen molar-refractivity contribution < 1.29 is 9.13 Å². The van der Waals surface area contributed by atoms with E-state index in [0.717, 1.165) is 11.8 Å². The number of halogens is 1. The van der Waals surface area contributed by atoms with Gasteiger partial charge >= 0.3 is 0 Å². The lowest BCUT2D eigenvalue weighted by Crippen LogP contribution is -2.03. The van der Waals surface area contributed by atoms with Crippen molar-refractivity contribution in [3.05, 3.63) is 52.4 Å². The highest BCUT2D eigenvalue weighted by Crippen LogP contribution is 2.23. The van der Waals surface area contributed by atoms with Crippen LogP contribution in [0, 0.1) is 5.82 Å². The Hall–Kier alpha value is -2.53. The number of nitrogens with zero attached hydrogens (tertiary/aromatic N) is 5. The third-order valence-electron chi connectivity index (χ3n) is 2.37. The normalized spacial score (nSPS) is 9.89. The molecule has 1 aromatic carbocycles. The van der Waals surface area contributed by atoms with Crippen molar-refractivity contribution in [2.45, 2.75) is 6.61 Å². The highest BCUT2D eigenvalue weighted by Gasteiger charge is 2.06. The Kier molecular flexibility index (Phi) is 3.45. The molecule has 0 spiro atoms. The van der Waals surface area contributed by atoms with Gasteiger partial charge in [0.2, 0.25) is 0 Å². The molecule has 92 valence electrons. The Morgan fingerprint density at radius 3 is 2.94 bits per heavy atom. The summed E-state index contributed by atoms with van der Waals surface area (Å²) >= 11 is 0. The van der Waals surface area contributed by atoms with E-state index in [1.807, 2.05) is 0 Å². The van der Waals surface area contributed by atoms with Crippen molar-refractivity contribution in [2.75, 3.05) is 0 Å². The summed E-state index contributed by atoms with van der Waals surface area (Å²) in [6, 6.07) is 5.82. The molecule has 2 aromatic rings. The molecule has 2 rings (SSSR count). The fraction of sp³-hybridized carbons (Fsp3) is 0.182. The Morgan fingerprint density at radius 1 is 1.50 bits per heavy atom. The van der Waals surface area contributed by atoms with Crippen molar-refractivity contribution in [2.24, 2.45) is 12.2 Å². The average molecular weight is 247 g/mol. The Bertz CT molecular complexity index is 603. The van der Waals surface area contributed by atoms with Crippen molar-refractivity contribution >= 4 is 5.69 Å². The van der Waals surface area contributed by atoms with E-state index in [4.69, 9.17) is 10.3 Å². The molecule has 1 heterocycles. The lowest BCUT2D eigenvalue weighted by atomic mass is 10.3. The van der Waals surface area contributed by atoms with Gasteiger partial charge in [0.15, 0.2) is 11.6 Å². The average Bonchev–Trinajstić information content (AvgIpc) is 2.74. The highest BCUT2D eigenvalue weighted by molar-refractivity contribution is 5.42. The van der Waals surface area contributed by atoms with Crippen molar-refractivity contribution in [3.8, 4) is 5.75 Å². The van der Waals surface area contributed by atoms with Crippen LogP contribution in [0.1, 0.15) is 5.69 Å². The SMILES string of the molecule is Cn1nccc1COc1ccc(N=[N+]=[N-])cc1F. The summed E-state index contributed by atoms with van der Waals surface area (Å²) in [5.74, 6) is -0.463. The number of hydrogen-bond acceptors (Lipinski definition) is 3. The monoisotopic (exact) mass is 247 g/mol. The van der Waals surface area contributed by atoms with E-state index in [9.17, 15) is 4.39 Å². The van der Waals surface area contributed by atoms with Gasteiger partial charge in [-0.05, 0) is 29.8 Å². The number of aryl methyl sites for hydroxylation is 1. The molecule has 6 nitrogen and oxygen atoms in total. The van der Waals surface area contributed by atoms with Crippen LogP contribution in [0.25, 0.3) is 10.4 Å². The van der Waals surface area contributed by atoms with E-state index >= 15 is 0 Å². The number of hydrogen-bond donors (Lipinski definition) is 0. The number of aromatic nitrogens is 2. The van der Waals surface area contributed by atoms with E-state index in [1.165, 1.54) is 12.1 Å². The van der Waals surface area contributed by atoms with Crippen LogP contribution in [-0.4, -0.2) is 9.78 Å². The van der Waals surface area contributed by atoms with E-state index in [-0.39, 0.29) is 18.0 Å². The molecule has 0 fully saturated rings. The van der Waals surface area contributed by atoms with Crippen LogP contribution in [0.3, 0.4) is 0 Å². The standard InChI is InChI=1S/C11H10FN5O/c1-17-9(4-5-14-17)7-18-11-3-2-8(15-16-13)6-10(11)12/h2-6H,7H2,1H3. The number of benzene rings is 1. The van der Waals surface area contributed by atoms with Gasteiger partial charge in [-0.25, -0.2) is 4.39 Å². The van der Waals surface area contributed by atoms with Gasteiger partial charge in [0, 0.05) is 23.8 Å². The first kappa shape index (κ1) is 11.9. The molecule has 0 aliphatic heterocycles. The zero-order valence-corrected chi connectivity index (χ0v) is 9.62. The predicted octanol–water partition coefficient (Wildman–Crippen LogP) is 3.08. The molecule has 0 N–H and O–H groups in total. The smallest absolute Gasteiger partial charge is 0.165 e. The zero-order chi connectivity index (χ0) is 13.0. The van der Waals surface area contributed by atoms with Crippen LogP contribution in [0.2, 0.25) is 0 Å². The first-order valence-corrected chi connectivity index (χ1v) is 5.15. The summed E-state index contributed by atoms with van der Waals surface area (Å²) in [5, 5.41) is 7.28.